The Morgan fingerprint density at radius 3 is 2.71 bits per heavy atom. The van der Waals surface area contributed by atoms with Crippen molar-refractivity contribution >= 4 is 5.69 Å². The highest BCUT2D eigenvalue weighted by molar-refractivity contribution is 5.64. The molecule has 0 fully saturated rings. The number of rotatable bonds is 0. The van der Waals surface area contributed by atoms with Crippen LogP contribution in [-0.4, -0.2) is 6.54 Å². The molecule has 1 aliphatic heterocycles. The lowest BCUT2D eigenvalue weighted by Gasteiger charge is -2.29. The molecule has 1 aromatic rings. The lowest BCUT2D eigenvalue weighted by molar-refractivity contribution is 0.709. The molecule has 0 unspecified atom stereocenters. The van der Waals surface area contributed by atoms with Gasteiger partial charge in [0.15, 0.2) is 0 Å². The summed E-state index contributed by atoms with van der Waals surface area (Å²) in [5.74, 6) is 6.05. The number of nitrogens with two attached hydrogens (primary N) is 1. The van der Waals surface area contributed by atoms with E-state index in [4.69, 9.17) is 5.84 Å². The first-order valence-electron chi connectivity index (χ1n) is 5.52. The summed E-state index contributed by atoms with van der Waals surface area (Å²) < 4.78 is 0. The van der Waals surface area contributed by atoms with E-state index in [9.17, 15) is 0 Å². The third-order valence-corrected chi connectivity index (χ3v) is 3.47. The topological polar surface area (TPSA) is 29.3 Å². The summed E-state index contributed by atoms with van der Waals surface area (Å²) in [7, 11) is 0. The summed E-state index contributed by atoms with van der Waals surface area (Å²) in [6, 6.07) is 4.58. The van der Waals surface area contributed by atoms with E-state index in [0.717, 1.165) is 6.54 Å². The van der Waals surface area contributed by atoms with E-state index in [0.29, 0.717) is 0 Å². The Labute approximate surface area is 84.7 Å². The highest BCUT2D eigenvalue weighted by Crippen LogP contribution is 2.36. The SMILES string of the molecule is NN1CCCc2ccc3c(c21)CCC3. The van der Waals surface area contributed by atoms with E-state index < -0.39 is 0 Å². The van der Waals surface area contributed by atoms with Gasteiger partial charge in [-0.3, -0.25) is 0 Å². The van der Waals surface area contributed by atoms with E-state index in [1.807, 2.05) is 5.01 Å². The minimum absolute atomic E-state index is 1.02. The van der Waals surface area contributed by atoms with Gasteiger partial charge in [-0.05, 0) is 48.8 Å². The number of hydrogen-bond donors (Lipinski definition) is 1. The van der Waals surface area contributed by atoms with Crippen LogP contribution in [0.3, 0.4) is 0 Å². The van der Waals surface area contributed by atoms with Gasteiger partial charge in [0.05, 0.1) is 5.69 Å². The van der Waals surface area contributed by atoms with Crippen molar-refractivity contribution in [1.82, 2.24) is 0 Å². The molecule has 0 amide bonds. The molecule has 0 atom stereocenters. The first-order valence-corrected chi connectivity index (χ1v) is 5.52. The minimum atomic E-state index is 1.02. The second-order valence-electron chi connectivity index (χ2n) is 4.36. The number of hydrazine groups is 1. The van der Waals surface area contributed by atoms with E-state index in [1.54, 1.807) is 0 Å². The van der Waals surface area contributed by atoms with Crippen LogP contribution in [0.1, 0.15) is 29.5 Å². The molecular weight excluding hydrogens is 172 g/mol. The Bertz CT molecular complexity index is 371. The molecule has 74 valence electrons. The van der Waals surface area contributed by atoms with Crippen molar-refractivity contribution < 1.29 is 0 Å². The molecule has 1 heterocycles. The standard InChI is InChI=1S/C12H16N2/c13-14-8-2-4-10-7-6-9-3-1-5-11(9)12(10)14/h6-7H,1-5,8,13H2. The maximum Gasteiger partial charge on any atom is 0.0583 e. The summed E-state index contributed by atoms with van der Waals surface area (Å²) in [5, 5.41) is 1.96. The predicted octanol–water partition coefficient (Wildman–Crippen LogP) is 1.80. The van der Waals surface area contributed by atoms with Crippen LogP contribution in [0.5, 0.6) is 0 Å². The first kappa shape index (κ1) is 8.30. The Morgan fingerprint density at radius 2 is 1.79 bits per heavy atom. The van der Waals surface area contributed by atoms with Gasteiger partial charge in [-0.1, -0.05) is 12.1 Å². The van der Waals surface area contributed by atoms with Gasteiger partial charge in [0.1, 0.15) is 0 Å². The Kier molecular flexibility index (Phi) is 1.77. The normalized spacial score (nSPS) is 19.4. The summed E-state index contributed by atoms with van der Waals surface area (Å²) in [6.07, 6.45) is 6.18. The maximum absolute atomic E-state index is 6.05. The summed E-state index contributed by atoms with van der Waals surface area (Å²) in [4.78, 5) is 0. The van der Waals surface area contributed by atoms with Crippen molar-refractivity contribution in [3.63, 3.8) is 0 Å². The molecule has 1 aliphatic carbocycles. The fourth-order valence-corrected chi connectivity index (χ4v) is 2.81. The quantitative estimate of drug-likeness (QED) is 0.629. The van der Waals surface area contributed by atoms with E-state index in [1.165, 1.54) is 54.5 Å². The van der Waals surface area contributed by atoms with Crippen molar-refractivity contribution in [2.75, 3.05) is 11.6 Å². The molecule has 0 saturated heterocycles. The second-order valence-corrected chi connectivity index (χ2v) is 4.36. The number of fused-ring (bicyclic) bond motifs is 3. The fourth-order valence-electron chi connectivity index (χ4n) is 2.81. The number of aryl methyl sites for hydroxylation is 2. The van der Waals surface area contributed by atoms with Crippen LogP contribution in [0.25, 0.3) is 0 Å². The van der Waals surface area contributed by atoms with Crippen LogP contribution in [0.15, 0.2) is 12.1 Å². The average Bonchev–Trinajstić information content (AvgIpc) is 2.65. The van der Waals surface area contributed by atoms with Crippen LogP contribution in [0.2, 0.25) is 0 Å². The lowest BCUT2D eigenvalue weighted by Crippen LogP contribution is -2.36. The molecule has 2 N–H and O–H groups in total. The van der Waals surface area contributed by atoms with Crippen LogP contribution in [-0.2, 0) is 19.3 Å². The van der Waals surface area contributed by atoms with Crippen molar-refractivity contribution in [3.05, 3.63) is 28.8 Å². The average molecular weight is 188 g/mol. The van der Waals surface area contributed by atoms with E-state index in [-0.39, 0.29) is 0 Å². The molecule has 2 aliphatic rings. The molecule has 0 spiro atoms. The highest BCUT2D eigenvalue weighted by Gasteiger charge is 2.22. The van der Waals surface area contributed by atoms with Gasteiger partial charge >= 0.3 is 0 Å². The van der Waals surface area contributed by atoms with Gasteiger partial charge in [0.2, 0.25) is 0 Å². The molecule has 2 nitrogen and oxygen atoms in total. The second kappa shape index (κ2) is 2.99. The largest absolute Gasteiger partial charge is 0.310 e. The van der Waals surface area contributed by atoms with Crippen molar-refractivity contribution in [3.8, 4) is 0 Å². The third kappa shape index (κ3) is 1.07. The van der Waals surface area contributed by atoms with Crippen LogP contribution in [0.4, 0.5) is 5.69 Å². The Hall–Kier alpha value is -1.02. The molecule has 0 saturated carbocycles. The van der Waals surface area contributed by atoms with Gasteiger partial charge in [-0.25, -0.2) is 5.84 Å². The zero-order valence-electron chi connectivity index (χ0n) is 8.42. The smallest absolute Gasteiger partial charge is 0.0583 e. The summed E-state index contributed by atoms with van der Waals surface area (Å²) >= 11 is 0. The number of nitrogens with zero attached hydrogens (tertiary/aromatic N) is 1. The van der Waals surface area contributed by atoms with Crippen LogP contribution >= 0.6 is 0 Å². The van der Waals surface area contributed by atoms with Crippen molar-refractivity contribution in [2.24, 2.45) is 5.84 Å². The molecule has 14 heavy (non-hydrogen) atoms. The summed E-state index contributed by atoms with van der Waals surface area (Å²) in [6.45, 7) is 1.02. The molecule has 3 rings (SSSR count). The zero-order valence-corrected chi connectivity index (χ0v) is 8.42. The highest BCUT2D eigenvalue weighted by atomic mass is 15.4. The Balaban J connectivity index is 2.19. The molecule has 0 bridgehead atoms. The van der Waals surface area contributed by atoms with Crippen LogP contribution in [0, 0.1) is 0 Å². The molecule has 0 radical (unpaired) electrons. The number of hydrogen-bond acceptors (Lipinski definition) is 2. The number of anilines is 1. The van der Waals surface area contributed by atoms with E-state index >= 15 is 0 Å². The first-order chi connectivity index (χ1) is 6.86. The molecule has 2 heteroatoms. The van der Waals surface area contributed by atoms with Crippen molar-refractivity contribution in [1.29, 1.82) is 0 Å². The molecule has 1 aromatic carbocycles. The van der Waals surface area contributed by atoms with Crippen molar-refractivity contribution in [2.45, 2.75) is 32.1 Å². The lowest BCUT2D eigenvalue weighted by atomic mass is 9.96. The predicted molar refractivity (Wildman–Crippen MR) is 58.3 cm³/mol. The zero-order chi connectivity index (χ0) is 9.54. The number of benzene rings is 1. The molecular formula is C12H16N2. The van der Waals surface area contributed by atoms with Gasteiger partial charge < -0.3 is 5.01 Å². The minimum Gasteiger partial charge on any atom is -0.310 e. The third-order valence-electron chi connectivity index (χ3n) is 3.47. The Morgan fingerprint density at radius 1 is 1.00 bits per heavy atom. The van der Waals surface area contributed by atoms with E-state index in [2.05, 4.69) is 12.1 Å². The summed E-state index contributed by atoms with van der Waals surface area (Å²) in [5.41, 5.74) is 5.87. The van der Waals surface area contributed by atoms with Gasteiger partial charge in [-0.2, -0.15) is 0 Å². The monoisotopic (exact) mass is 188 g/mol. The molecule has 0 aromatic heterocycles. The van der Waals surface area contributed by atoms with Gasteiger partial charge in [-0.15, -0.1) is 0 Å². The van der Waals surface area contributed by atoms with Gasteiger partial charge in [0, 0.05) is 6.54 Å². The fraction of sp³-hybridized carbons (Fsp3) is 0.500. The van der Waals surface area contributed by atoms with Gasteiger partial charge in [0.25, 0.3) is 0 Å². The van der Waals surface area contributed by atoms with Crippen LogP contribution < -0.4 is 10.9 Å². The maximum atomic E-state index is 6.05.